The first-order valence-electron chi connectivity index (χ1n) is 3.30. The van der Waals surface area contributed by atoms with E-state index < -0.39 is 18.3 Å². The Labute approximate surface area is 62.6 Å². The summed E-state index contributed by atoms with van der Waals surface area (Å²) in [6.45, 7) is 1.28. The van der Waals surface area contributed by atoms with Crippen molar-refractivity contribution in [3.05, 3.63) is 0 Å². The molecule has 0 bridgehead atoms. The Morgan fingerprint density at radius 1 is 1.36 bits per heavy atom. The second-order valence-corrected chi connectivity index (χ2v) is 2.50. The minimum atomic E-state index is -4.74. The standard InChI is InChI=1S/C6H11F4N/c1-4(2-3-11)5(7)6(8,9)10/h4-5H,2-3,11H2,1H3. The van der Waals surface area contributed by atoms with Crippen LogP contribution in [-0.4, -0.2) is 18.9 Å². The smallest absolute Gasteiger partial charge is 0.330 e. The first-order chi connectivity index (χ1) is 4.89. The number of hydrogen-bond acceptors (Lipinski definition) is 1. The predicted molar refractivity (Wildman–Crippen MR) is 33.8 cm³/mol. The second kappa shape index (κ2) is 3.90. The number of alkyl halides is 4. The van der Waals surface area contributed by atoms with Gasteiger partial charge in [0.15, 0.2) is 6.17 Å². The molecule has 68 valence electrons. The maximum atomic E-state index is 12.3. The molecule has 0 saturated heterocycles. The molecule has 2 N–H and O–H groups in total. The number of nitrogens with two attached hydrogens (primary N) is 1. The van der Waals surface area contributed by atoms with Crippen molar-refractivity contribution in [1.29, 1.82) is 0 Å². The van der Waals surface area contributed by atoms with Gasteiger partial charge in [-0.05, 0) is 18.9 Å². The lowest BCUT2D eigenvalue weighted by Crippen LogP contribution is -2.31. The average molecular weight is 173 g/mol. The topological polar surface area (TPSA) is 26.0 Å². The third kappa shape index (κ3) is 3.55. The zero-order valence-corrected chi connectivity index (χ0v) is 6.16. The molecular formula is C6H11F4N. The number of rotatable bonds is 3. The Balaban J connectivity index is 3.91. The molecule has 0 rings (SSSR count). The van der Waals surface area contributed by atoms with Gasteiger partial charge in [-0.2, -0.15) is 13.2 Å². The average Bonchev–Trinajstić information content (AvgIpc) is 1.85. The van der Waals surface area contributed by atoms with Gasteiger partial charge in [0.1, 0.15) is 0 Å². The molecule has 2 unspecified atom stereocenters. The van der Waals surface area contributed by atoms with Crippen LogP contribution in [0.25, 0.3) is 0 Å². The molecule has 0 aromatic carbocycles. The van der Waals surface area contributed by atoms with Crippen LogP contribution < -0.4 is 5.73 Å². The monoisotopic (exact) mass is 173 g/mol. The molecule has 0 saturated carbocycles. The predicted octanol–water partition coefficient (Wildman–Crippen LogP) is 1.87. The molecule has 5 heteroatoms. The van der Waals surface area contributed by atoms with Gasteiger partial charge in [-0.25, -0.2) is 4.39 Å². The van der Waals surface area contributed by atoms with Gasteiger partial charge in [0, 0.05) is 0 Å². The van der Waals surface area contributed by atoms with E-state index in [4.69, 9.17) is 5.73 Å². The SMILES string of the molecule is CC(CCN)C(F)C(F)(F)F. The van der Waals surface area contributed by atoms with Gasteiger partial charge in [-0.1, -0.05) is 6.92 Å². The Hall–Kier alpha value is -0.320. The van der Waals surface area contributed by atoms with Crippen LogP contribution >= 0.6 is 0 Å². The third-order valence-corrected chi connectivity index (χ3v) is 1.43. The van der Waals surface area contributed by atoms with E-state index in [0.717, 1.165) is 0 Å². The van der Waals surface area contributed by atoms with E-state index in [1.165, 1.54) is 6.92 Å². The van der Waals surface area contributed by atoms with Crippen LogP contribution in [0.15, 0.2) is 0 Å². The molecule has 0 aromatic rings. The summed E-state index contributed by atoms with van der Waals surface area (Å²) < 4.78 is 47.1. The van der Waals surface area contributed by atoms with Crippen molar-refractivity contribution >= 4 is 0 Å². The first kappa shape index (κ1) is 10.7. The van der Waals surface area contributed by atoms with E-state index in [1.54, 1.807) is 0 Å². The molecule has 2 atom stereocenters. The van der Waals surface area contributed by atoms with Crippen LogP contribution in [0.4, 0.5) is 17.6 Å². The van der Waals surface area contributed by atoms with Crippen LogP contribution in [0.2, 0.25) is 0 Å². The van der Waals surface area contributed by atoms with Crippen LogP contribution in [0, 0.1) is 5.92 Å². The van der Waals surface area contributed by atoms with E-state index in [0.29, 0.717) is 0 Å². The van der Waals surface area contributed by atoms with Crippen LogP contribution in [0.1, 0.15) is 13.3 Å². The molecule has 0 radical (unpaired) electrons. The highest BCUT2D eigenvalue weighted by Crippen LogP contribution is 2.29. The van der Waals surface area contributed by atoms with E-state index in [1.807, 2.05) is 0 Å². The zero-order chi connectivity index (χ0) is 9.07. The normalized spacial score (nSPS) is 18.0. The summed E-state index contributed by atoms with van der Waals surface area (Å²) in [5, 5.41) is 0. The Kier molecular flexibility index (Phi) is 3.78. The van der Waals surface area contributed by atoms with Gasteiger partial charge in [0.25, 0.3) is 0 Å². The zero-order valence-electron chi connectivity index (χ0n) is 6.16. The molecule has 0 fully saturated rings. The van der Waals surface area contributed by atoms with Crippen molar-refractivity contribution in [3.63, 3.8) is 0 Å². The Morgan fingerprint density at radius 3 is 2.09 bits per heavy atom. The third-order valence-electron chi connectivity index (χ3n) is 1.43. The fraction of sp³-hybridized carbons (Fsp3) is 1.00. The fourth-order valence-electron chi connectivity index (χ4n) is 0.732. The van der Waals surface area contributed by atoms with Gasteiger partial charge in [0.05, 0.1) is 0 Å². The maximum absolute atomic E-state index is 12.3. The molecule has 0 aromatic heterocycles. The van der Waals surface area contributed by atoms with Crippen LogP contribution in [0.3, 0.4) is 0 Å². The Morgan fingerprint density at radius 2 is 1.82 bits per heavy atom. The molecule has 0 aliphatic heterocycles. The highest BCUT2D eigenvalue weighted by atomic mass is 19.4. The summed E-state index contributed by atoms with van der Waals surface area (Å²) >= 11 is 0. The fourth-order valence-corrected chi connectivity index (χ4v) is 0.732. The van der Waals surface area contributed by atoms with Crippen LogP contribution in [0.5, 0.6) is 0 Å². The second-order valence-electron chi connectivity index (χ2n) is 2.50. The number of hydrogen-bond donors (Lipinski definition) is 1. The minimum absolute atomic E-state index is 0.0562. The van der Waals surface area contributed by atoms with Gasteiger partial charge in [-0.15, -0.1) is 0 Å². The van der Waals surface area contributed by atoms with E-state index in [9.17, 15) is 17.6 Å². The Bertz CT molecular complexity index is 112. The summed E-state index contributed by atoms with van der Waals surface area (Å²) in [5.74, 6) is -1.04. The van der Waals surface area contributed by atoms with Crippen molar-refractivity contribution in [2.75, 3.05) is 6.54 Å². The minimum Gasteiger partial charge on any atom is -0.330 e. The summed E-state index contributed by atoms with van der Waals surface area (Å²) in [5.41, 5.74) is 4.98. The molecule has 0 heterocycles. The lowest BCUT2D eigenvalue weighted by atomic mass is 10.0. The molecule has 0 spiro atoms. The molecule has 0 aliphatic rings. The lowest BCUT2D eigenvalue weighted by Gasteiger charge is -2.18. The van der Waals surface area contributed by atoms with Gasteiger partial charge < -0.3 is 5.73 Å². The highest BCUT2D eigenvalue weighted by Gasteiger charge is 2.43. The summed E-state index contributed by atoms with van der Waals surface area (Å²) in [7, 11) is 0. The van der Waals surface area contributed by atoms with Gasteiger partial charge in [0.2, 0.25) is 0 Å². The maximum Gasteiger partial charge on any atom is 0.419 e. The molecule has 11 heavy (non-hydrogen) atoms. The summed E-state index contributed by atoms with van der Waals surface area (Å²) in [6, 6.07) is 0. The summed E-state index contributed by atoms with van der Waals surface area (Å²) in [6.07, 6.45) is -7.43. The van der Waals surface area contributed by atoms with E-state index >= 15 is 0 Å². The van der Waals surface area contributed by atoms with E-state index in [-0.39, 0.29) is 13.0 Å². The van der Waals surface area contributed by atoms with Crippen molar-refractivity contribution in [3.8, 4) is 0 Å². The van der Waals surface area contributed by atoms with Crippen LogP contribution in [-0.2, 0) is 0 Å². The largest absolute Gasteiger partial charge is 0.419 e. The van der Waals surface area contributed by atoms with Crippen molar-refractivity contribution < 1.29 is 17.6 Å². The van der Waals surface area contributed by atoms with Crippen molar-refractivity contribution in [2.45, 2.75) is 25.7 Å². The van der Waals surface area contributed by atoms with Gasteiger partial charge >= 0.3 is 6.18 Å². The van der Waals surface area contributed by atoms with Crippen molar-refractivity contribution in [1.82, 2.24) is 0 Å². The van der Waals surface area contributed by atoms with Crippen molar-refractivity contribution in [2.24, 2.45) is 11.7 Å². The highest BCUT2D eigenvalue weighted by molar-refractivity contribution is 4.72. The summed E-state index contributed by atoms with van der Waals surface area (Å²) in [4.78, 5) is 0. The first-order valence-corrected chi connectivity index (χ1v) is 3.30. The number of halogens is 4. The lowest BCUT2D eigenvalue weighted by molar-refractivity contribution is -0.193. The molecule has 1 nitrogen and oxygen atoms in total. The molecule has 0 amide bonds. The molecular weight excluding hydrogens is 162 g/mol. The van der Waals surface area contributed by atoms with E-state index in [2.05, 4.69) is 0 Å². The molecule has 0 aliphatic carbocycles. The van der Waals surface area contributed by atoms with Gasteiger partial charge in [-0.3, -0.25) is 0 Å². The quantitative estimate of drug-likeness (QED) is 0.648.